The van der Waals surface area contributed by atoms with Gasteiger partial charge in [-0.15, -0.1) is 0 Å². The fraction of sp³-hybridized carbons (Fsp3) is 0.467. The molecule has 1 aromatic carbocycles. The molecule has 0 spiro atoms. The summed E-state index contributed by atoms with van der Waals surface area (Å²) < 4.78 is 38.6. The first-order valence-electron chi connectivity index (χ1n) is 7.18. The number of amides is 2. The van der Waals surface area contributed by atoms with Crippen molar-refractivity contribution >= 4 is 12.0 Å². The molecule has 1 fully saturated rings. The molecular formula is C15H16F3N2O3-. The van der Waals surface area contributed by atoms with Gasteiger partial charge in [-0.3, -0.25) is 4.79 Å². The molecule has 1 saturated heterocycles. The predicted molar refractivity (Wildman–Crippen MR) is 73.0 cm³/mol. The van der Waals surface area contributed by atoms with Crippen molar-refractivity contribution in [1.29, 1.82) is 0 Å². The number of hydrogen-bond acceptors (Lipinski definition) is 3. The summed E-state index contributed by atoms with van der Waals surface area (Å²) in [5, 5.41) is 13.2. The van der Waals surface area contributed by atoms with Gasteiger partial charge in [-0.1, -0.05) is 18.2 Å². The van der Waals surface area contributed by atoms with E-state index in [9.17, 15) is 27.9 Å². The SMILES string of the molecule is O=C(NCc1ccccc1C(F)(F)F)C1CCN(C(=O)[O-])CC1. The van der Waals surface area contributed by atoms with Crippen LogP contribution in [0, 0.1) is 5.92 Å². The molecule has 1 aliphatic heterocycles. The molecule has 2 rings (SSSR count). The van der Waals surface area contributed by atoms with E-state index in [4.69, 9.17) is 0 Å². The Morgan fingerprint density at radius 2 is 1.83 bits per heavy atom. The topological polar surface area (TPSA) is 72.5 Å². The van der Waals surface area contributed by atoms with Crippen LogP contribution in [0.2, 0.25) is 0 Å². The largest absolute Gasteiger partial charge is 0.530 e. The molecule has 1 heterocycles. The number of hydrogen-bond donors (Lipinski definition) is 1. The first-order valence-corrected chi connectivity index (χ1v) is 7.18. The fourth-order valence-electron chi connectivity index (χ4n) is 2.60. The van der Waals surface area contributed by atoms with Crippen LogP contribution >= 0.6 is 0 Å². The van der Waals surface area contributed by atoms with Crippen molar-refractivity contribution in [3.8, 4) is 0 Å². The highest BCUT2D eigenvalue weighted by atomic mass is 19.4. The summed E-state index contributed by atoms with van der Waals surface area (Å²) in [6.07, 6.45) is -5.08. The Kier molecular flexibility index (Phi) is 5.12. The molecule has 126 valence electrons. The molecule has 2 amide bonds. The average molecular weight is 329 g/mol. The Balaban J connectivity index is 1.92. The minimum atomic E-state index is -4.47. The Morgan fingerprint density at radius 3 is 2.39 bits per heavy atom. The van der Waals surface area contributed by atoms with Crippen LogP contribution in [-0.2, 0) is 17.5 Å². The summed E-state index contributed by atoms with van der Waals surface area (Å²) in [4.78, 5) is 23.8. The van der Waals surface area contributed by atoms with Gasteiger partial charge in [-0.2, -0.15) is 13.2 Å². The molecule has 1 aromatic rings. The number of carbonyl (C=O) groups is 2. The molecule has 0 unspecified atom stereocenters. The fourth-order valence-corrected chi connectivity index (χ4v) is 2.60. The Bertz CT molecular complexity index is 582. The number of nitrogens with one attached hydrogen (secondary N) is 1. The van der Waals surface area contributed by atoms with E-state index in [0.717, 1.165) is 11.0 Å². The number of halogens is 3. The third-order valence-corrected chi connectivity index (χ3v) is 3.90. The van der Waals surface area contributed by atoms with Gasteiger partial charge in [0.05, 0.1) is 5.56 Å². The van der Waals surface area contributed by atoms with E-state index in [-0.39, 0.29) is 31.1 Å². The zero-order valence-corrected chi connectivity index (χ0v) is 12.2. The molecule has 0 atom stereocenters. The smallest absolute Gasteiger partial charge is 0.416 e. The number of carboxylic acid groups (broad SMARTS) is 1. The summed E-state index contributed by atoms with van der Waals surface area (Å²) in [5.41, 5.74) is -0.771. The van der Waals surface area contributed by atoms with Crippen LogP contribution in [0.15, 0.2) is 24.3 Å². The van der Waals surface area contributed by atoms with Crippen LogP contribution in [0.3, 0.4) is 0 Å². The summed E-state index contributed by atoms with van der Waals surface area (Å²) in [7, 11) is 0. The number of alkyl halides is 3. The van der Waals surface area contributed by atoms with Crippen LogP contribution in [0.5, 0.6) is 0 Å². The molecule has 1 aliphatic rings. The van der Waals surface area contributed by atoms with E-state index in [1.165, 1.54) is 18.2 Å². The highest BCUT2D eigenvalue weighted by Crippen LogP contribution is 2.31. The second-order valence-corrected chi connectivity index (χ2v) is 5.40. The zero-order valence-electron chi connectivity index (χ0n) is 12.2. The van der Waals surface area contributed by atoms with E-state index >= 15 is 0 Å². The number of likely N-dealkylation sites (tertiary alicyclic amines) is 1. The first-order chi connectivity index (χ1) is 10.8. The van der Waals surface area contributed by atoms with Crippen molar-refractivity contribution in [1.82, 2.24) is 10.2 Å². The Labute approximate surface area is 131 Å². The second-order valence-electron chi connectivity index (χ2n) is 5.40. The van der Waals surface area contributed by atoms with E-state index in [1.807, 2.05) is 0 Å². The third-order valence-electron chi connectivity index (χ3n) is 3.90. The molecule has 5 nitrogen and oxygen atoms in total. The standard InChI is InChI=1S/C15H17F3N2O3/c16-15(17,18)12-4-2-1-3-11(12)9-19-13(21)10-5-7-20(8-6-10)14(22)23/h1-4,10H,5-9H2,(H,19,21)(H,22,23)/p-1. The van der Waals surface area contributed by atoms with Crippen molar-refractivity contribution in [3.05, 3.63) is 35.4 Å². The lowest BCUT2D eigenvalue weighted by Gasteiger charge is -2.33. The Morgan fingerprint density at radius 1 is 1.22 bits per heavy atom. The van der Waals surface area contributed by atoms with Gasteiger partial charge in [0, 0.05) is 25.6 Å². The van der Waals surface area contributed by atoms with E-state index < -0.39 is 23.8 Å². The minimum absolute atomic E-state index is 0.000483. The maximum atomic E-state index is 12.9. The van der Waals surface area contributed by atoms with Gasteiger partial charge in [0.15, 0.2) is 0 Å². The van der Waals surface area contributed by atoms with Crippen molar-refractivity contribution in [2.45, 2.75) is 25.6 Å². The number of piperidine rings is 1. The Hall–Kier alpha value is -2.25. The normalized spacial score (nSPS) is 16.2. The van der Waals surface area contributed by atoms with Gasteiger partial charge >= 0.3 is 6.18 Å². The zero-order chi connectivity index (χ0) is 17.0. The lowest BCUT2D eigenvalue weighted by molar-refractivity contribution is -0.266. The predicted octanol–water partition coefficient (Wildman–Crippen LogP) is 1.38. The summed E-state index contributed by atoms with van der Waals surface area (Å²) in [5.74, 6) is -0.761. The second kappa shape index (κ2) is 6.89. The van der Waals surface area contributed by atoms with Crippen LogP contribution in [0.4, 0.5) is 18.0 Å². The van der Waals surface area contributed by atoms with Crippen molar-refractivity contribution in [3.63, 3.8) is 0 Å². The maximum absolute atomic E-state index is 12.9. The summed E-state index contributed by atoms with van der Waals surface area (Å²) in [6, 6.07) is 5.07. The lowest BCUT2D eigenvalue weighted by Crippen LogP contribution is -2.47. The highest BCUT2D eigenvalue weighted by Gasteiger charge is 2.33. The quantitative estimate of drug-likeness (QED) is 0.910. The molecule has 0 aromatic heterocycles. The summed E-state index contributed by atoms with van der Waals surface area (Å²) in [6.45, 7) is 0.175. The average Bonchev–Trinajstić information content (AvgIpc) is 2.52. The number of benzene rings is 1. The third kappa shape index (κ3) is 4.37. The van der Waals surface area contributed by atoms with Gasteiger partial charge in [0.25, 0.3) is 0 Å². The van der Waals surface area contributed by atoms with Crippen molar-refractivity contribution in [2.75, 3.05) is 13.1 Å². The van der Waals surface area contributed by atoms with Gasteiger partial charge in [0.1, 0.15) is 6.09 Å². The highest BCUT2D eigenvalue weighted by molar-refractivity contribution is 5.79. The lowest BCUT2D eigenvalue weighted by atomic mass is 9.96. The maximum Gasteiger partial charge on any atom is 0.416 e. The minimum Gasteiger partial charge on any atom is -0.530 e. The van der Waals surface area contributed by atoms with Crippen LogP contribution in [0.25, 0.3) is 0 Å². The molecule has 1 N–H and O–H groups in total. The van der Waals surface area contributed by atoms with Crippen LogP contribution in [-0.4, -0.2) is 30.0 Å². The molecule has 0 saturated carbocycles. The van der Waals surface area contributed by atoms with Gasteiger partial charge in [-0.25, -0.2) is 0 Å². The number of carbonyl (C=O) groups excluding carboxylic acids is 2. The molecule has 0 bridgehead atoms. The van der Waals surface area contributed by atoms with Crippen molar-refractivity contribution in [2.24, 2.45) is 5.92 Å². The molecule has 0 aliphatic carbocycles. The van der Waals surface area contributed by atoms with Gasteiger partial charge in [0.2, 0.25) is 5.91 Å². The van der Waals surface area contributed by atoms with E-state index in [0.29, 0.717) is 12.8 Å². The monoisotopic (exact) mass is 329 g/mol. The first kappa shape index (κ1) is 17.1. The van der Waals surface area contributed by atoms with Crippen molar-refractivity contribution < 1.29 is 27.9 Å². The van der Waals surface area contributed by atoms with Crippen LogP contribution in [0.1, 0.15) is 24.0 Å². The molecule has 0 radical (unpaired) electrons. The van der Waals surface area contributed by atoms with E-state index in [1.54, 1.807) is 0 Å². The number of rotatable bonds is 3. The molecule has 8 heteroatoms. The molecular weight excluding hydrogens is 313 g/mol. The van der Waals surface area contributed by atoms with Gasteiger partial charge < -0.3 is 20.1 Å². The van der Waals surface area contributed by atoms with Gasteiger partial charge in [-0.05, 0) is 24.5 Å². The molecule has 23 heavy (non-hydrogen) atoms. The van der Waals surface area contributed by atoms with Crippen LogP contribution < -0.4 is 10.4 Å². The number of nitrogens with zero attached hydrogens (tertiary/aromatic N) is 1. The van der Waals surface area contributed by atoms with E-state index in [2.05, 4.69) is 5.32 Å². The summed E-state index contributed by atoms with van der Waals surface area (Å²) >= 11 is 0.